The van der Waals surface area contributed by atoms with Crippen LogP contribution >= 0.6 is 0 Å². The van der Waals surface area contributed by atoms with Gasteiger partial charge in [0, 0.05) is 38.2 Å². The molecule has 10 heteroatoms. The van der Waals surface area contributed by atoms with E-state index in [9.17, 15) is 18.0 Å². The molecule has 0 spiro atoms. The number of benzene rings is 1. The molecule has 1 fully saturated rings. The number of nitrogens with one attached hydrogen (secondary N) is 2. The van der Waals surface area contributed by atoms with E-state index in [-0.39, 0.29) is 28.3 Å². The van der Waals surface area contributed by atoms with E-state index < -0.39 is 10.0 Å². The number of anilines is 1. The van der Waals surface area contributed by atoms with Crippen LogP contribution in [0.2, 0.25) is 0 Å². The zero-order valence-electron chi connectivity index (χ0n) is 17.4. The molecular weight excluding hydrogens is 406 g/mol. The van der Waals surface area contributed by atoms with E-state index in [4.69, 9.17) is 0 Å². The Labute approximate surface area is 175 Å². The fourth-order valence-corrected chi connectivity index (χ4v) is 5.04. The maximum Gasteiger partial charge on any atom is 0.256 e. The second-order valence-corrected chi connectivity index (χ2v) is 9.80. The largest absolute Gasteiger partial charge is 0.331 e. The minimum atomic E-state index is -3.86. The van der Waals surface area contributed by atoms with Crippen molar-refractivity contribution in [2.24, 2.45) is 13.0 Å². The van der Waals surface area contributed by atoms with Crippen molar-refractivity contribution in [3.8, 4) is 11.3 Å². The average Bonchev–Trinajstić information content (AvgIpc) is 3.40. The second kappa shape index (κ2) is 7.21. The van der Waals surface area contributed by atoms with Crippen LogP contribution in [0, 0.1) is 5.92 Å². The molecule has 1 saturated carbocycles. The molecule has 2 aromatic rings. The molecule has 1 aromatic carbocycles. The number of nitrogens with zero attached hydrogens (tertiary/aromatic N) is 3. The summed E-state index contributed by atoms with van der Waals surface area (Å²) in [7, 11) is -0.817. The minimum Gasteiger partial charge on any atom is -0.331 e. The molecule has 2 amide bonds. The number of carbonyl (C=O) groups excluding carboxylic acids is 2. The van der Waals surface area contributed by atoms with Crippen LogP contribution in [-0.2, 0) is 28.4 Å². The predicted molar refractivity (Wildman–Crippen MR) is 111 cm³/mol. The van der Waals surface area contributed by atoms with Crippen LogP contribution in [0.15, 0.2) is 23.1 Å². The molecule has 1 unspecified atom stereocenters. The lowest BCUT2D eigenvalue weighted by Crippen LogP contribution is -2.35. The fraction of sp³-hybridized carbons (Fsp3) is 0.450. The lowest BCUT2D eigenvalue weighted by atomic mass is 10.0. The predicted octanol–water partition coefficient (Wildman–Crippen LogP) is 1.71. The Balaban J connectivity index is 1.84. The van der Waals surface area contributed by atoms with Gasteiger partial charge in [0.2, 0.25) is 15.9 Å². The lowest BCUT2D eigenvalue weighted by Gasteiger charge is -2.24. The van der Waals surface area contributed by atoms with Crippen molar-refractivity contribution in [2.45, 2.75) is 44.2 Å². The molecule has 0 saturated heterocycles. The summed E-state index contributed by atoms with van der Waals surface area (Å²) in [4.78, 5) is 26.3. The molecule has 9 nitrogen and oxygen atoms in total. The first-order valence-corrected chi connectivity index (χ1v) is 11.3. The van der Waals surface area contributed by atoms with Crippen LogP contribution in [0.25, 0.3) is 11.3 Å². The number of rotatable bonds is 6. The van der Waals surface area contributed by atoms with Crippen LogP contribution in [0.4, 0.5) is 5.82 Å². The summed E-state index contributed by atoms with van der Waals surface area (Å²) in [6, 6.07) is 5.10. The summed E-state index contributed by atoms with van der Waals surface area (Å²) in [5.41, 5.74) is 2.17. The Hall–Kier alpha value is -2.72. The van der Waals surface area contributed by atoms with Gasteiger partial charge in [-0.25, -0.2) is 13.1 Å². The highest BCUT2D eigenvalue weighted by Gasteiger charge is 2.41. The summed E-state index contributed by atoms with van der Waals surface area (Å²) in [6.45, 7) is 3.79. The van der Waals surface area contributed by atoms with Gasteiger partial charge in [-0.1, -0.05) is 0 Å². The van der Waals surface area contributed by atoms with Crippen LogP contribution in [0.5, 0.6) is 0 Å². The number of fused-ring (bicyclic) bond motifs is 1. The molecule has 2 N–H and O–H groups in total. The fourth-order valence-electron chi connectivity index (χ4n) is 4.05. The molecule has 4 rings (SSSR count). The highest BCUT2D eigenvalue weighted by molar-refractivity contribution is 7.89. The van der Waals surface area contributed by atoms with E-state index in [0.717, 1.165) is 12.8 Å². The maximum absolute atomic E-state index is 13.2. The highest BCUT2D eigenvalue weighted by atomic mass is 32.2. The average molecular weight is 432 g/mol. The number of amides is 2. The van der Waals surface area contributed by atoms with Gasteiger partial charge >= 0.3 is 0 Å². The number of hydrogen-bond donors (Lipinski definition) is 2. The molecular formula is C20H25N5O4S. The Morgan fingerprint density at radius 1 is 1.27 bits per heavy atom. The summed E-state index contributed by atoms with van der Waals surface area (Å²) in [6.07, 6.45) is 2.18. The van der Waals surface area contributed by atoms with Gasteiger partial charge in [-0.2, -0.15) is 5.10 Å². The van der Waals surface area contributed by atoms with Crippen molar-refractivity contribution >= 4 is 27.7 Å². The summed E-state index contributed by atoms with van der Waals surface area (Å²) < 4.78 is 29.5. The SMILES string of the molecule is CNS(=O)(=O)c1cc(-c2cc(NC(C)=O)nn2C)cc2c1C(=O)N(C(C)C1CC1)C2. The van der Waals surface area contributed by atoms with E-state index in [1.165, 1.54) is 20.0 Å². The van der Waals surface area contributed by atoms with E-state index in [1.807, 2.05) is 13.0 Å². The smallest absolute Gasteiger partial charge is 0.256 e. The van der Waals surface area contributed by atoms with E-state index in [1.54, 1.807) is 22.7 Å². The normalized spacial score (nSPS) is 17.2. The molecule has 30 heavy (non-hydrogen) atoms. The number of hydrogen-bond acceptors (Lipinski definition) is 5. The molecule has 1 aliphatic carbocycles. The molecule has 1 aromatic heterocycles. The van der Waals surface area contributed by atoms with E-state index in [2.05, 4.69) is 15.1 Å². The van der Waals surface area contributed by atoms with Crippen LogP contribution in [0.1, 0.15) is 42.6 Å². The van der Waals surface area contributed by atoms with Crippen molar-refractivity contribution in [1.82, 2.24) is 19.4 Å². The van der Waals surface area contributed by atoms with Gasteiger partial charge in [0.05, 0.1) is 16.2 Å². The molecule has 0 bridgehead atoms. The van der Waals surface area contributed by atoms with Gasteiger partial charge in [-0.3, -0.25) is 14.3 Å². The molecule has 1 aliphatic heterocycles. The van der Waals surface area contributed by atoms with Gasteiger partial charge in [0.25, 0.3) is 5.91 Å². The molecule has 1 atom stereocenters. The van der Waals surface area contributed by atoms with E-state index in [0.29, 0.717) is 35.1 Å². The quantitative estimate of drug-likeness (QED) is 0.723. The van der Waals surface area contributed by atoms with Gasteiger partial charge in [-0.05, 0) is 50.4 Å². The van der Waals surface area contributed by atoms with Crippen molar-refractivity contribution in [1.29, 1.82) is 0 Å². The third-order valence-corrected chi connectivity index (χ3v) is 7.27. The molecule has 160 valence electrons. The Bertz CT molecular complexity index is 1150. The minimum absolute atomic E-state index is 0.0322. The summed E-state index contributed by atoms with van der Waals surface area (Å²) >= 11 is 0. The van der Waals surface area contributed by atoms with Gasteiger partial charge in [0.15, 0.2) is 5.82 Å². The maximum atomic E-state index is 13.2. The monoisotopic (exact) mass is 431 g/mol. The van der Waals surface area contributed by atoms with Crippen LogP contribution < -0.4 is 10.0 Å². The summed E-state index contributed by atoms with van der Waals surface area (Å²) in [5, 5.41) is 6.89. The van der Waals surface area contributed by atoms with Gasteiger partial charge < -0.3 is 10.2 Å². The van der Waals surface area contributed by atoms with Crippen LogP contribution in [-0.4, -0.2) is 48.0 Å². The standard InChI is InChI=1S/C20H25N5O4S/c1-11(13-5-6-13)25-10-15-7-14(16-9-18(22-12(2)26)23-24(16)4)8-17(19(15)20(25)27)30(28,29)21-3/h7-9,11,13,21H,5-6,10H2,1-4H3,(H,22,23,26). The second-order valence-electron chi connectivity index (χ2n) is 7.95. The number of carbonyl (C=O) groups is 2. The van der Waals surface area contributed by atoms with Gasteiger partial charge in [0.1, 0.15) is 0 Å². The number of aromatic nitrogens is 2. The Morgan fingerprint density at radius 3 is 2.57 bits per heavy atom. The zero-order valence-corrected chi connectivity index (χ0v) is 18.2. The highest BCUT2D eigenvalue weighted by Crippen LogP contribution is 2.40. The topological polar surface area (TPSA) is 113 Å². The van der Waals surface area contributed by atoms with Crippen molar-refractivity contribution < 1.29 is 18.0 Å². The number of sulfonamides is 1. The lowest BCUT2D eigenvalue weighted by molar-refractivity contribution is -0.114. The van der Waals surface area contributed by atoms with Crippen molar-refractivity contribution in [3.05, 3.63) is 29.3 Å². The van der Waals surface area contributed by atoms with E-state index >= 15 is 0 Å². The third kappa shape index (κ3) is 3.50. The van der Waals surface area contributed by atoms with Crippen LogP contribution in [0.3, 0.4) is 0 Å². The molecule has 0 radical (unpaired) electrons. The third-order valence-electron chi connectivity index (χ3n) is 5.83. The first-order valence-electron chi connectivity index (χ1n) is 9.86. The van der Waals surface area contributed by atoms with Gasteiger partial charge in [-0.15, -0.1) is 0 Å². The Morgan fingerprint density at radius 2 is 1.97 bits per heavy atom. The molecule has 2 heterocycles. The molecule has 2 aliphatic rings. The Kier molecular flexibility index (Phi) is 4.94. The summed E-state index contributed by atoms with van der Waals surface area (Å²) in [5.74, 6) is 0.360. The zero-order chi connectivity index (χ0) is 21.8. The van der Waals surface area contributed by atoms with Crippen molar-refractivity contribution in [2.75, 3.05) is 12.4 Å². The first-order chi connectivity index (χ1) is 14.1. The first kappa shape index (κ1) is 20.5. The van der Waals surface area contributed by atoms with Crippen molar-refractivity contribution in [3.63, 3.8) is 0 Å². The number of aryl methyl sites for hydroxylation is 1.